The van der Waals surface area contributed by atoms with Crippen LogP contribution in [0.3, 0.4) is 0 Å². The fraction of sp³-hybridized carbons (Fsp3) is 0.250. The van der Waals surface area contributed by atoms with Crippen LogP contribution in [0, 0.1) is 0 Å². The average molecular weight is 154 g/mol. The highest BCUT2D eigenvalue weighted by atomic mass is 17.2. The zero-order chi connectivity index (χ0) is 8.10. The second kappa shape index (κ2) is 3.83. The Morgan fingerprint density at radius 3 is 2.91 bits per heavy atom. The molecule has 0 amide bonds. The standard InChI is InChI=1S/C8H10O3/c1-2-10-11-8-5-3-4-7(9)6-8/h3-6,9H,2H2,1H3. The molecule has 0 spiro atoms. The molecule has 1 rings (SSSR count). The van der Waals surface area contributed by atoms with Crippen LogP contribution in [0.5, 0.6) is 11.5 Å². The number of hydrogen-bond acceptors (Lipinski definition) is 3. The zero-order valence-corrected chi connectivity index (χ0v) is 6.28. The maximum atomic E-state index is 8.98. The summed E-state index contributed by atoms with van der Waals surface area (Å²) in [6.07, 6.45) is 0. The van der Waals surface area contributed by atoms with Gasteiger partial charge in [-0.3, -0.25) is 0 Å². The topological polar surface area (TPSA) is 38.7 Å². The van der Waals surface area contributed by atoms with E-state index in [1.54, 1.807) is 18.2 Å². The smallest absolute Gasteiger partial charge is 0.169 e. The van der Waals surface area contributed by atoms with E-state index in [2.05, 4.69) is 4.89 Å². The Morgan fingerprint density at radius 2 is 2.27 bits per heavy atom. The summed E-state index contributed by atoms with van der Waals surface area (Å²) in [6, 6.07) is 6.44. The minimum atomic E-state index is 0.169. The van der Waals surface area contributed by atoms with E-state index < -0.39 is 0 Å². The summed E-state index contributed by atoms with van der Waals surface area (Å²) < 4.78 is 0. The van der Waals surface area contributed by atoms with Crippen LogP contribution < -0.4 is 4.89 Å². The van der Waals surface area contributed by atoms with Gasteiger partial charge in [0.2, 0.25) is 0 Å². The van der Waals surface area contributed by atoms with Gasteiger partial charge in [0.25, 0.3) is 0 Å². The van der Waals surface area contributed by atoms with Crippen molar-refractivity contribution < 1.29 is 14.9 Å². The molecule has 60 valence electrons. The van der Waals surface area contributed by atoms with Gasteiger partial charge in [0.05, 0.1) is 6.61 Å². The monoisotopic (exact) mass is 154 g/mol. The van der Waals surface area contributed by atoms with Crippen LogP contribution in [0.2, 0.25) is 0 Å². The fourth-order valence-electron chi connectivity index (χ4n) is 0.662. The minimum Gasteiger partial charge on any atom is -0.508 e. The molecule has 0 bridgehead atoms. The molecule has 0 heterocycles. The molecule has 0 atom stereocenters. The molecular weight excluding hydrogens is 144 g/mol. The molecule has 0 unspecified atom stereocenters. The molecule has 0 saturated heterocycles. The Hall–Kier alpha value is -1.22. The van der Waals surface area contributed by atoms with Gasteiger partial charge in [-0.2, -0.15) is 4.89 Å². The Labute approximate surface area is 65.1 Å². The average Bonchev–Trinajstić information content (AvgIpc) is 2.01. The molecule has 0 aliphatic carbocycles. The van der Waals surface area contributed by atoms with Gasteiger partial charge in [-0.05, 0) is 19.1 Å². The Morgan fingerprint density at radius 1 is 1.45 bits per heavy atom. The van der Waals surface area contributed by atoms with Gasteiger partial charge < -0.3 is 9.99 Å². The van der Waals surface area contributed by atoms with Crippen molar-refractivity contribution in [1.82, 2.24) is 0 Å². The SMILES string of the molecule is CCOOc1cccc(O)c1. The number of rotatable bonds is 3. The summed E-state index contributed by atoms with van der Waals surface area (Å²) in [5.74, 6) is 0.675. The molecule has 11 heavy (non-hydrogen) atoms. The molecular formula is C8H10O3. The predicted octanol–water partition coefficient (Wildman–Crippen LogP) is 1.72. The molecule has 0 aliphatic rings. The van der Waals surface area contributed by atoms with Crippen molar-refractivity contribution >= 4 is 0 Å². The van der Waals surface area contributed by atoms with E-state index in [4.69, 9.17) is 9.99 Å². The molecule has 0 radical (unpaired) electrons. The van der Waals surface area contributed by atoms with Gasteiger partial charge in [-0.1, -0.05) is 6.07 Å². The van der Waals surface area contributed by atoms with Gasteiger partial charge in [-0.25, -0.2) is 0 Å². The molecule has 0 fully saturated rings. The van der Waals surface area contributed by atoms with Crippen LogP contribution in [0.1, 0.15) is 6.92 Å². The Balaban J connectivity index is 2.56. The number of aromatic hydroxyl groups is 1. The zero-order valence-electron chi connectivity index (χ0n) is 6.28. The van der Waals surface area contributed by atoms with Crippen molar-refractivity contribution in [2.24, 2.45) is 0 Å². The van der Waals surface area contributed by atoms with E-state index in [0.717, 1.165) is 0 Å². The van der Waals surface area contributed by atoms with Gasteiger partial charge in [-0.15, -0.1) is 0 Å². The second-order valence-electron chi connectivity index (χ2n) is 1.99. The summed E-state index contributed by atoms with van der Waals surface area (Å²) in [5, 5.41) is 8.98. The van der Waals surface area contributed by atoms with Crippen LogP contribution in [0.25, 0.3) is 0 Å². The summed E-state index contributed by atoms with van der Waals surface area (Å²) in [5.41, 5.74) is 0. The van der Waals surface area contributed by atoms with Gasteiger partial charge in [0.15, 0.2) is 5.75 Å². The molecule has 0 aromatic heterocycles. The van der Waals surface area contributed by atoms with Crippen molar-refractivity contribution in [2.75, 3.05) is 6.61 Å². The Bertz CT molecular complexity index is 222. The van der Waals surface area contributed by atoms with Crippen LogP contribution >= 0.6 is 0 Å². The third kappa shape index (κ3) is 2.47. The van der Waals surface area contributed by atoms with Crippen molar-refractivity contribution in [2.45, 2.75) is 6.92 Å². The molecule has 1 aromatic rings. The maximum Gasteiger partial charge on any atom is 0.169 e. The number of hydrogen-bond donors (Lipinski definition) is 1. The van der Waals surface area contributed by atoms with Crippen LogP contribution in [-0.4, -0.2) is 11.7 Å². The second-order valence-corrected chi connectivity index (χ2v) is 1.99. The quantitative estimate of drug-likeness (QED) is 0.532. The molecule has 3 nitrogen and oxygen atoms in total. The number of phenols is 1. The summed E-state index contributed by atoms with van der Waals surface area (Å²) in [7, 11) is 0. The van der Waals surface area contributed by atoms with Crippen LogP contribution in [-0.2, 0) is 4.89 Å². The first-order valence-corrected chi connectivity index (χ1v) is 3.41. The number of benzene rings is 1. The van der Waals surface area contributed by atoms with E-state index in [1.165, 1.54) is 6.07 Å². The van der Waals surface area contributed by atoms with Crippen LogP contribution in [0.15, 0.2) is 24.3 Å². The van der Waals surface area contributed by atoms with Gasteiger partial charge in [0.1, 0.15) is 5.75 Å². The highest BCUT2D eigenvalue weighted by Crippen LogP contribution is 2.17. The molecule has 3 heteroatoms. The van der Waals surface area contributed by atoms with E-state index in [1.807, 2.05) is 6.92 Å². The van der Waals surface area contributed by atoms with Gasteiger partial charge in [0, 0.05) is 6.07 Å². The lowest BCUT2D eigenvalue weighted by atomic mass is 10.3. The predicted molar refractivity (Wildman–Crippen MR) is 40.4 cm³/mol. The first-order chi connectivity index (χ1) is 5.33. The van der Waals surface area contributed by atoms with Crippen molar-refractivity contribution in [3.8, 4) is 11.5 Å². The fourth-order valence-corrected chi connectivity index (χ4v) is 0.662. The Kier molecular flexibility index (Phi) is 2.74. The normalized spacial score (nSPS) is 9.55. The largest absolute Gasteiger partial charge is 0.508 e. The van der Waals surface area contributed by atoms with E-state index >= 15 is 0 Å². The lowest BCUT2D eigenvalue weighted by Crippen LogP contribution is -1.94. The first kappa shape index (κ1) is 7.88. The van der Waals surface area contributed by atoms with E-state index in [9.17, 15) is 0 Å². The highest BCUT2D eigenvalue weighted by molar-refractivity contribution is 5.31. The molecule has 0 aliphatic heterocycles. The number of phenolic OH excluding ortho intramolecular Hbond substituents is 1. The summed E-state index contributed by atoms with van der Waals surface area (Å²) in [6.45, 7) is 2.30. The summed E-state index contributed by atoms with van der Waals surface area (Å²) in [4.78, 5) is 9.44. The highest BCUT2D eigenvalue weighted by Gasteiger charge is 1.93. The minimum absolute atomic E-state index is 0.169. The lowest BCUT2D eigenvalue weighted by Gasteiger charge is -2.01. The van der Waals surface area contributed by atoms with Crippen LogP contribution in [0.4, 0.5) is 0 Å². The third-order valence-corrected chi connectivity index (χ3v) is 1.09. The molecule has 1 N–H and O–H groups in total. The maximum absolute atomic E-state index is 8.98. The lowest BCUT2D eigenvalue weighted by molar-refractivity contribution is -0.202. The van der Waals surface area contributed by atoms with Crippen molar-refractivity contribution in [3.63, 3.8) is 0 Å². The summed E-state index contributed by atoms with van der Waals surface area (Å²) >= 11 is 0. The third-order valence-electron chi connectivity index (χ3n) is 1.09. The van der Waals surface area contributed by atoms with Crippen molar-refractivity contribution in [3.05, 3.63) is 24.3 Å². The molecule has 1 aromatic carbocycles. The van der Waals surface area contributed by atoms with E-state index in [0.29, 0.717) is 12.4 Å². The van der Waals surface area contributed by atoms with Crippen molar-refractivity contribution in [1.29, 1.82) is 0 Å². The first-order valence-electron chi connectivity index (χ1n) is 3.41. The van der Waals surface area contributed by atoms with E-state index in [-0.39, 0.29) is 5.75 Å². The molecule has 0 saturated carbocycles. The van der Waals surface area contributed by atoms with Gasteiger partial charge >= 0.3 is 0 Å².